The maximum atomic E-state index is 6.14. The summed E-state index contributed by atoms with van der Waals surface area (Å²) in [5.41, 5.74) is 6.68. The van der Waals surface area contributed by atoms with E-state index < -0.39 is 0 Å². The lowest BCUT2D eigenvalue weighted by molar-refractivity contribution is 0.295. The van der Waals surface area contributed by atoms with Gasteiger partial charge in [0.1, 0.15) is 5.75 Å². The largest absolute Gasteiger partial charge is 0.492 e. The molecule has 0 saturated heterocycles. The maximum absolute atomic E-state index is 6.14. The van der Waals surface area contributed by atoms with E-state index in [0.717, 1.165) is 30.8 Å². The lowest BCUT2D eigenvalue weighted by Crippen LogP contribution is -2.07. The first-order valence-corrected chi connectivity index (χ1v) is 6.63. The highest BCUT2D eigenvalue weighted by Gasteiger charge is 2.07. The van der Waals surface area contributed by atoms with Gasteiger partial charge < -0.3 is 10.5 Å². The smallest absolute Gasteiger partial charge is 0.141 e. The average Bonchev–Trinajstić information content (AvgIpc) is 2.27. The molecule has 96 valence electrons. The molecule has 0 unspecified atom stereocenters. The van der Waals surface area contributed by atoms with Gasteiger partial charge in [-0.3, -0.25) is 0 Å². The van der Waals surface area contributed by atoms with Crippen LogP contribution in [0.1, 0.15) is 32.3 Å². The molecule has 0 atom stereocenters. The van der Waals surface area contributed by atoms with E-state index in [1.54, 1.807) is 0 Å². The molecule has 1 aromatic rings. The van der Waals surface area contributed by atoms with Crippen LogP contribution < -0.4 is 10.5 Å². The zero-order valence-electron chi connectivity index (χ0n) is 10.7. The number of para-hydroxylation sites is 1. The van der Waals surface area contributed by atoms with Crippen LogP contribution in [0.25, 0.3) is 0 Å². The zero-order valence-corrected chi connectivity index (χ0v) is 11.5. The summed E-state index contributed by atoms with van der Waals surface area (Å²) in [6.07, 6.45) is 3.04. The Kier molecular flexibility index (Phi) is 6.38. The van der Waals surface area contributed by atoms with E-state index in [1.807, 2.05) is 18.2 Å². The Morgan fingerprint density at radius 2 is 2.12 bits per heavy atom. The van der Waals surface area contributed by atoms with E-state index in [4.69, 9.17) is 22.1 Å². The predicted molar refractivity (Wildman–Crippen MR) is 73.8 cm³/mol. The minimum Gasteiger partial charge on any atom is -0.492 e. The second-order valence-corrected chi connectivity index (χ2v) is 5.06. The summed E-state index contributed by atoms with van der Waals surface area (Å²) in [6, 6.07) is 5.82. The molecule has 0 aliphatic rings. The molecule has 0 fully saturated rings. The summed E-state index contributed by atoms with van der Waals surface area (Å²) in [5, 5.41) is 0.681. The van der Waals surface area contributed by atoms with Crippen molar-refractivity contribution in [2.75, 3.05) is 13.2 Å². The van der Waals surface area contributed by atoms with Crippen molar-refractivity contribution >= 4 is 11.6 Å². The molecule has 0 saturated carbocycles. The number of hydrogen-bond donors (Lipinski definition) is 1. The zero-order chi connectivity index (χ0) is 12.7. The molecule has 1 aromatic carbocycles. The van der Waals surface area contributed by atoms with Gasteiger partial charge in [0, 0.05) is 0 Å². The Hall–Kier alpha value is -0.730. The third kappa shape index (κ3) is 4.97. The first-order chi connectivity index (χ1) is 8.15. The van der Waals surface area contributed by atoms with Crippen molar-refractivity contribution in [3.8, 4) is 5.75 Å². The molecule has 17 heavy (non-hydrogen) atoms. The molecule has 0 bridgehead atoms. The number of nitrogens with two attached hydrogens (primary N) is 1. The van der Waals surface area contributed by atoms with E-state index in [1.165, 1.54) is 6.42 Å². The second-order valence-electron chi connectivity index (χ2n) is 4.65. The minimum atomic E-state index is 0.614. The summed E-state index contributed by atoms with van der Waals surface area (Å²) in [6.45, 7) is 5.77. The Bertz CT molecular complexity index is 339. The number of rotatable bonds is 7. The van der Waals surface area contributed by atoms with Gasteiger partial charge in [-0.2, -0.15) is 0 Å². The second kappa shape index (κ2) is 7.57. The highest BCUT2D eigenvalue weighted by Crippen LogP contribution is 2.29. The average molecular weight is 256 g/mol. The molecular formula is C14H22ClNO. The molecular weight excluding hydrogens is 234 g/mol. The molecule has 0 spiro atoms. The van der Waals surface area contributed by atoms with Gasteiger partial charge in [0.25, 0.3) is 0 Å². The summed E-state index contributed by atoms with van der Waals surface area (Å²) < 4.78 is 5.78. The molecule has 0 amide bonds. The van der Waals surface area contributed by atoms with Crippen molar-refractivity contribution in [2.45, 2.75) is 33.1 Å². The van der Waals surface area contributed by atoms with E-state index in [2.05, 4.69) is 13.8 Å². The lowest BCUT2D eigenvalue weighted by atomic mass is 10.1. The van der Waals surface area contributed by atoms with Gasteiger partial charge in [-0.1, -0.05) is 37.6 Å². The van der Waals surface area contributed by atoms with Crippen molar-refractivity contribution in [3.05, 3.63) is 28.8 Å². The molecule has 2 nitrogen and oxygen atoms in total. The number of halogens is 1. The highest BCUT2D eigenvalue weighted by atomic mass is 35.5. The molecule has 2 N–H and O–H groups in total. The van der Waals surface area contributed by atoms with Crippen LogP contribution in [0.15, 0.2) is 18.2 Å². The molecule has 1 rings (SSSR count). The lowest BCUT2D eigenvalue weighted by Gasteiger charge is -2.13. The van der Waals surface area contributed by atoms with Crippen molar-refractivity contribution < 1.29 is 4.74 Å². The van der Waals surface area contributed by atoms with Crippen LogP contribution in [0.4, 0.5) is 0 Å². The Morgan fingerprint density at radius 1 is 1.35 bits per heavy atom. The van der Waals surface area contributed by atoms with E-state index in [-0.39, 0.29) is 0 Å². The SMILES string of the molecule is CC(C)CCCOc1c(Cl)cccc1CCN. The Morgan fingerprint density at radius 3 is 2.76 bits per heavy atom. The van der Waals surface area contributed by atoms with Crippen LogP contribution in [-0.2, 0) is 6.42 Å². The van der Waals surface area contributed by atoms with Crippen LogP contribution in [0.2, 0.25) is 5.02 Å². The molecule has 0 aliphatic carbocycles. The molecule has 3 heteroatoms. The predicted octanol–water partition coefficient (Wildman–Crippen LogP) is 3.66. The molecule has 0 aliphatic heterocycles. The van der Waals surface area contributed by atoms with Gasteiger partial charge in [0.05, 0.1) is 11.6 Å². The van der Waals surface area contributed by atoms with Crippen molar-refractivity contribution in [1.29, 1.82) is 0 Å². The van der Waals surface area contributed by atoms with Gasteiger partial charge in [-0.05, 0) is 43.4 Å². The monoisotopic (exact) mass is 255 g/mol. The normalized spacial score (nSPS) is 10.9. The van der Waals surface area contributed by atoms with Crippen LogP contribution in [0.5, 0.6) is 5.75 Å². The molecule has 0 heterocycles. The first-order valence-electron chi connectivity index (χ1n) is 6.25. The molecule has 0 radical (unpaired) electrons. The fraction of sp³-hybridized carbons (Fsp3) is 0.571. The highest BCUT2D eigenvalue weighted by molar-refractivity contribution is 6.32. The molecule has 0 aromatic heterocycles. The van der Waals surface area contributed by atoms with E-state index in [0.29, 0.717) is 17.5 Å². The third-order valence-electron chi connectivity index (χ3n) is 2.63. The van der Waals surface area contributed by atoms with E-state index in [9.17, 15) is 0 Å². The van der Waals surface area contributed by atoms with Crippen molar-refractivity contribution in [1.82, 2.24) is 0 Å². The Balaban J connectivity index is 2.56. The van der Waals surface area contributed by atoms with Crippen molar-refractivity contribution in [3.63, 3.8) is 0 Å². The standard InChI is InChI=1S/C14H22ClNO/c1-11(2)5-4-10-17-14-12(8-9-16)6-3-7-13(14)15/h3,6-7,11H,4-5,8-10,16H2,1-2H3. The fourth-order valence-electron chi connectivity index (χ4n) is 1.73. The van der Waals surface area contributed by atoms with Gasteiger partial charge >= 0.3 is 0 Å². The summed E-state index contributed by atoms with van der Waals surface area (Å²) in [5.74, 6) is 1.52. The Labute approximate surface area is 109 Å². The van der Waals surface area contributed by atoms with Crippen LogP contribution in [-0.4, -0.2) is 13.2 Å². The van der Waals surface area contributed by atoms with Crippen molar-refractivity contribution in [2.24, 2.45) is 11.7 Å². The number of ether oxygens (including phenoxy) is 1. The van der Waals surface area contributed by atoms with Gasteiger partial charge in [-0.15, -0.1) is 0 Å². The third-order valence-corrected chi connectivity index (χ3v) is 2.93. The topological polar surface area (TPSA) is 35.2 Å². The summed E-state index contributed by atoms with van der Waals surface area (Å²) in [4.78, 5) is 0. The van der Waals surface area contributed by atoms with Crippen LogP contribution in [0, 0.1) is 5.92 Å². The van der Waals surface area contributed by atoms with Gasteiger partial charge in [0.2, 0.25) is 0 Å². The van der Waals surface area contributed by atoms with Gasteiger partial charge in [0.15, 0.2) is 0 Å². The number of hydrogen-bond acceptors (Lipinski definition) is 2. The quantitative estimate of drug-likeness (QED) is 0.755. The van der Waals surface area contributed by atoms with E-state index >= 15 is 0 Å². The fourth-order valence-corrected chi connectivity index (χ4v) is 1.98. The minimum absolute atomic E-state index is 0.614. The van der Waals surface area contributed by atoms with Crippen LogP contribution in [0.3, 0.4) is 0 Å². The first kappa shape index (κ1) is 14.3. The summed E-state index contributed by atoms with van der Waals surface area (Å²) in [7, 11) is 0. The van der Waals surface area contributed by atoms with Gasteiger partial charge in [-0.25, -0.2) is 0 Å². The maximum Gasteiger partial charge on any atom is 0.141 e. The van der Waals surface area contributed by atoms with Crippen LogP contribution >= 0.6 is 11.6 Å². The number of benzene rings is 1. The summed E-state index contributed by atoms with van der Waals surface area (Å²) >= 11 is 6.14.